The van der Waals surface area contributed by atoms with Crippen molar-refractivity contribution in [3.05, 3.63) is 48.5 Å². The normalized spacial score (nSPS) is 18.2. The van der Waals surface area contributed by atoms with Crippen molar-refractivity contribution in [3.8, 4) is 17.2 Å². The van der Waals surface area contributed by atoms with Crippen LogP contribution in [0, 0.1) is 0 Å². The molecule has 0 N–H and O–H groups in total. The van der Waals surface area contributed by atoms with E-state index in [4.69, 9.17) is 14.2 Å². The Balaban J connectivity index is 1.47. The molecule has 2 aromatic carbocycles. The zero-order chi connectivity index (χ0) is 17.1. The summed E-state index contributed by atoms with van der Waals surface area (Å²) in [7, 11) is 0. The Morgan fingerprint density at radius 3 is 2.80 bits per heavy atom. The molecule has 0 spiro atoms. The van der Waals surface area contributed by atoms with Crippen molar-refractivity contribution < 1.29 is 19.0 Å². The highest BCUT2D eigenvalue weighted by molar-refractivity contribution is 7.99. The maximum atomic E-state index is 12.9. The van der Waals surface area contributed by atoms with Gasteiger partial charge >= 0.3 is 0 Å². The minimum Gasteiger partial charge on any atom is -0.484 e. The molecule has 1 saturated heterocycles. The van der Waals surface area contributed by atoms with E-state index in [-0.39, 0.29) is 25.3 Å². The molecule has 2 aliphatic rings. The van der Waals surface area contributed by atoms with Crippen molar-refractivity contribution >= 4 is 23.4 Å². The van der Waals surface area contributed by atoms with Gasteiger partial charge in [-0.2, -0.15) is 11.8 Å². The molecule has 0 radical (unpaired) electrons. The number of anilines is 1. The first kappa shape index (κ1) is 16.1. The van der Waals surface area contributed by atoms with Crippen molar-refractivity contribution in [1.82, 2.24) is 0 Å². The predicted octanol–water partition coefficient (Wildman–Crippen LogP) is 3.33. The van der Waals surface area contributed by atoms with E-state index in [2.05, 4.69) is 0 Å². The number of para-hydroxylation sites is 1. The Kier molecular flexibility index (Phi) is 4.70. The Labute approximate surface area is 150 Å². The third-order valence-corrected chi connectivity index (χ3v) is 5.43. The summed E-state index contributed by atoms with van der Waals surface area (Å²) >= 11 is 1.89. The number of hydrogen-bond acceptors (Lipinski definition) is 5. The molecule has 2 aromatic rings. The molecule has 2 heterocycles. The molecule has 25 heavy (non-hydrogen) atoms. The molecule has 6 heteroatoms. The molecule has 5 nitrogen and oxygen atoms in total. The highest BCUT2D eigenvalue weighted by Crippen LogP contribution is 2.35. The number of carbonyl (C=O) groups excluding carboxylic acids is 1. The molecular weight excluding hydrogens is 338 g/mol. The van der Waals surface area contributed by atoms with Crippen LogP contribution in [0.3, 0.4) is 0 Å². The van der Waals surface area contributed by atoms with Gasteiger partial charge in [-0.1, -0.05) is 18.2 Å². The summed E-state index contributed by atoms with van der Waals surface area (Å²) in [5.74, 6) is 3.97. The average Bonchev–Trinajstić information content (AvgIpc) is 3.32. The minimum atomic E-state index is -0.0311. The number of benzene rings is 2. The second-order valence-corrected chi connectivity index (χ2v) is 7.07. The molecule has 4 rings (SSSR count). The van der Waals surface area contributed by atoms with E-state index in [1.807, 2.05) is 47.0 Å². The van der Waals surface area contributed by atoms with Gasteiger partial charge in [0.25, 0.3) is 5.91 Å². The second-order valence-electron chi connectivity index (χ2n) is 5.92. The van der Waals surface area contributed by atoms with Crippen LogP contribution >= 0.6 is 11.8 Å². The Hall–Kier alpha value is -2.34. The van der Waals surface area contributed by atoms with Gasteiger partial charge in [-0.05, 0) is 36.4 Å². The van der Waals surface area contributed by atoms with Crippen LogP contribution in [-0.4, -0.2) is 36.9 Å². The lowest BCUT2D eigenvalue weighted by atomic mass is 10.2. The summed E-state index contributed by atoms with van der Waals surface area (Å²) in [4.78, 5) is 14.8. The standard InChI is InChI=1S/C19H19NO4S/c21-19(11-22-16-6-7-17-18(10-16)24-13-23-17)20(15-8-9-25-12-15)14-4-2-1-3-5-14/h1-7,10,15H,8-9,11-13H2. The largest absolute Gasteiger partial charge is 0.484 e. The number of carbonyl (C=O) groups is 1. The lowest BCUT2D eigenvalue weighted by Gasteiger charge is -2.28. The first-order chi connectivity index (χ1) is 12.3. The van der Waals surface area contributed by atoms with Crippen molar-refractivity contribution in [3.63, 3.8) is 0 Å². The summed E-state index contributed by atoms with van der Waals surface area (Å²) in [6, 6.07) is 15.4. The molecule has 0 bridgehead atoms. The molecule has 0 aliphatic carbocycles. The van der Waals surface area contributed by atoms with Gasteiger partial charge in [-0.3, -0.25) is 4.79 Å². The third kappa shape index (κ3) is 3.54. The maximum Gasteiger partial charge on any atom is 0.265 e. The van der Waals surface area contributed by atoms with Crippen molar-refractivity contribution in [2.75, 3.05) is 29.8 Å². The predicted molar refractivity (Wildman–Crippen MR) is 97.7 cm³/mol. The van der Waals surface area contributed by atoms with Gasteiger partial charge in [0.05, 0.1) is 0 Å². The summed E-state index contributed by atoms with van der Waals surface area (Å²) in [6.45, 7) is 0.217. The van der Waals surface area contributed by atoms with Crippen LogP contribution in [0.4, 0.5) is 5.69 Å². The number of rotatable bonds is 5. The third-order valence-electron chi connectivity index (χ3n) is 4.28. The number of ether oxygens (including phenoxy) is 3. The molecule has 1 atom stereocenters. The number of hydrogen-bond donors (Lipinski definition) is 0. The Morgan fingerprint density at radius 1 is 1.16 bits per heavy atom. The van der Waals surface area contributed by atoms with Gasteiger partial charge in [0.1, 0.15) is 5.75 Å². The lowest BCUT2D eigenvalue weighted by Crippen LogP contribution is -2.43. The van der Waals surface area contributed by atoms with Crippen LogP contribution in [0.2, 0.25) is 0 Å². The summed E-state index contributed by atoms with van der Waals surface area (Å²) in [5.41, 5.74) is 0.925. The van der Waals surface area contributed by atoms with Gasteiger partial charge in [-0.15, -0.1) is 0 Å². The summed E-state index contributed by atoms with van der Waals surface area (Å²) in [6.07, 6.45) is 1.01. The highest BCUT2D eigenvalue weighted by Gasteiger charge is 2.28. The minimum absolute atomic E-state index is 0.00426. The Bertz CT molecular complexity index is 746. The topological polar surface area (TPSA) is 48.0 Å². The lowest BCUT2D eigenvalue weighted by molar-refractivity contribution is -0.121. The quantitative estimate of drug-likeness (QED) is 0.821. The van der Waals surface area contributed by atoms with Gasteiger partial charge in [0.15, 0.2) is 18.1 Å². The highest BCUT2D eigenvalue weighted by atomic mass is 32.2. The molecule has 1 unspecified atom stereocenters. The molecule has 2 aliphatic heterocycles. The van der Waals surface area contributed by atoms with E-state index in [1.54, 1.807) is 18.2 Å². The molecule has 1 fully saturated rings. The fourth-order valence-corrected chi connectivity index (χ4v) is 4.25. The van der Waals surface area contributed by atoms with E-state index < -0.39 is 0 Å². The number of amides is 1. The SMILES string of the molecule is O=C(COc1ccc2c(c1)OCO2)N(c1ccccc1)C1CCSC1. The molecule has 1 amide bonds. The number of nitrogens with zero attached hydrogens (tertiary/aromatic N) is 1. The van der Waals surface area contributed by atoms with Crippen LogP contribution < -0.4 is 19.1 Å². The van der Waals surface area contributed by atoms with Crippen LogP contribution in [0.1, 0.15) is 6.42 Å². The van der Waals surface area contributed by atoms with Gasteiger partial charge < -0.3 is 19.1 Å². The number of fused-ring (bicyclic) bond motifs is 1. The fraction of sp³-hybridized carbons (Fsp3) is 0.316. The van der Waals surface area contributed by atoms with Crippen LogP contribution in [-0.2, 0) is 4.79 Å². The second kappa shape index (κ2) is 7.27. The average molecular weight is 357 g/mol. The van der Waals surface area contributed by atoms with E-state index in [1.165, 1.54) is 0 Å². The maximum absolute atomic E-state index is 12.9. The molecule has 0 saturated carbocycles. The van der Waals surface area contributed by atoms with E-state index in [0.29, 0.717) is 17.2 Å². The first-order valence-electron chi connectivity index (χ1n) is 8.28. The summed E-state index contributed by atoms with van der Waals surface area (Å²) < 4.78 is 16.4. The van der Waals surface area contributed by atoms with Crippen molar-refractivity contribution in [2.45, 2.75) is 12.5 Å². The summed E-state index contributed by atoms with van der Waals surface area (Å²) in [5, 5.41) is 0. The zero-order valence-corrected chi connectivity index (χ0v) is 14.5. The molecular formula is C19H19NO4S. The van der Waals surface area contributed by atoms with Crippen LogP contribution in [0.25, 0.3) is 0 Å². The van der Waals surface area contributed by atoms with Gasteiger partial charge in [-0.25, -0.2) is 0 Å². The first-order valence-corrected chi connectivity index (χ1v) is 9.44. The van der Waals surface area contributed by atoms with E-state index >= 15 is 0 Å². The van der Waals surface area contributed by atoms with E-state index in [0.717, 1.165) is 23.6 Å². The van der Waals surface area contributed by atoms with E-state index in [9.17, 15) is 4.79 Å². The smallest absolute Gasteiger partial charge is 0.265 e. The monoisotopic (exact) mass is 357 g/mol. The number of thioether (sulfide) groups is 1. The zero-order valence-electron chi connectivity index (χ0n) is 13.7. The van der Waals surface area contributed by atoms with Crippen LogP contribution in [0.15, 0.2) is 48.5 Å². The van der Waals surface area contributed by atoms with Crippen LogP contribution in [0.5, 0.6) is 17.2 Å². The fourth-order valence-electron chi connectivity index (χ4n) is 3.05. The van der Waals surface area contributed by atoms with Gasteiger partial charge in [0, 0.05) is 23.5 Å². The molecule has 0 aromatic heterocycles. The van der Waals surface area contributed by atoms with Gasteiger partial charge in [0.2, 0.25) is 6.79 Å². The van der Waals surface area contributed by atoms with Crippen molar-refractivity contribution in [1.29, 1.82) is 0 Å². The molecule has 130 valence electrons. The Morgan fingerprint density at radius 2 is 2.00 bits per heavy atom. The van der Waals surface area contributed by atoms with Crippen molar-refractivity contribution in [2.24, 2.45) is 0 Å².